The average Bonchev–Trinajstić information content (AvgIpc) is 2.97. The third-order valence-electron chi connectivity index (χ3n) is 4.32. The number of nitrogens with one attached hydrogen (secondary N) is 1. The van der Waals surface area contributed by atoms with Gasteiger partial charge in [0.15, 0.2) is 0 Å². The summed E-state index contributed by atoms with van der Waals surface area (Å²) < 4.78 is 27.7. The second kappa shape index (κ2) is 7.77. The smallest absolute Gasteiger partial charge is 0.262 e. The molecule has 0 bridgehead atoms. The van der Waals surface area contributed by atoms with Gasteiger partial charge in [-0.05, 0) is 44.6 Å². The van der Waals surface area contributed by atoms with Crippen LogP contribution in [0.5, 0.6) is 0 Å². The number of rotatable bonds is 6. The second-order valence-electron chi connectivity index (χ2n) is 6.19. The maximum absolute atomic E-state index is 13.1. The van der Waals surface area contributed by atoms with Crippen LogP contribution in [-0.4, -0.2) is 37.3 Å². The monoisotopic (exact) mass is 358 g/mol. The summed E-state index contributed by atoms with van der Waals surface area (Å²) in [5.41, 5.74) is 0. The van der Waals surface area contributed by atoms with E-state index < -0.39 is 10.0 Å². The summed E-state index contributed by atoms with van der Waals surface area (Å²) in [5.74, 6) is -0.288. The molecule has 0 spiro atoms. The minimum Gasteiger partial charge on any atom is -0.351 e. The maximum atomic E-state index is 13.1. The van der Waals surface area contributed by atoms with Crippen LogP contribution in [-0.2, 0) is 10.0 Å². The highest BCUT2D eigenvalue weighted by atomic mass is 32.2. The number of thiophene rings is 1. The molecule has 1 saturated heterocycles. The number of hydrogen-bond acceptors (Lipinski definition) is 4. The first-order chi connectivity index (χ1) is 10.9. The average molecular weight is 359 g/mol. The van der Waals surface area contributed by atoms with Gasteiger partial charge in [-0.1, -0.05) is 19.8 Å². The molecule has 2 atom stereocenters. The molecule has 1 aromatic heterocycles. The van der Waals surface area contributed by atoms with Crippen molar-refractivity contribution in [3.63, 3.8) is 0 Å². The largest absolute Gasteiger partial charge is 0.351 e. The number of piperidine rings is 1. The lowest BCUT2D eigenvalue weighted by molar-refractivity contribution is 0.0953. The first-order valence-electron chi connectivity index (χ1n) is 8.28. The van der Waals surface area contributed by atoms with E-state index in [1.54, 1.807) is 15.8 Å². The van der Waals surface area contributed by atoms with Crippen molar-refractivity contribution in [2.24, 2.45) is 0 Å². The molecule has 130 valence electrons. The van der Waals surface area contributed by atoms with Gasteiger partial charge in [0.25, 0.3) is 5.91 Å². The fourth-order valence-corrected chi connectivity index (χ4v) is 6.31. The van der Waals surface area contributed by atoms with Crippen molar-refractivity contribution in [2.45, 2.75) is 69.9 Å². The summed E-state index contributed by atoms with van der Waals surface area (Å²) in [6.45, 7) is 6.51. The zero-order valence-electron chi connectivity index (χ0n) is 14.0. The third kappa shape index (κ3) is 3.95. The third-order valence-corrected chi connectivity index (χ3v) is 7.53. The van der Waals surface area contributed by atoms with Crippen molar-refractivity contribution >= 4 is 27.3 Å². The lowest BCUT2D eigenvalue weighted by atomic mass is 10.0. The molecule has 1 aliphatic heterocycles. The summed E-state index contributed by atoms with van der Waals surface area (Å²) in [6, 6.07) is 1.50. The van der Waals surface area contributed by atoms with Crippen LogP contribution in [0.4, 0.5) is 0 Å². The Balaban J connectivity index is 2.27. The molecular formula is C16H26N2O3S2. The Morgan fingerprint density at radius 2 is 2.00 bits per heavy atom. The molecule has 7 heteroatoms. The van der Waals surface area contributed by atoms with Crippen LogP contribution in [0, 0.1) is 0 Å². The zero-order chi connectivity index (χ0) is 17.0. The van der Waals surface area contributed by atoms with Crippen LogP contribution in [0.15, 0.2) is 16.3 Å². The Morgan fingerprint density at radius 1 is 1.35 bits per heavy atom. The lowest BCUT2D eigenvalue weighted by Crippen LogP contribution is -2.47. The second-order valence-corrected chi connectivity index (χ2v) is 8.92. The van der Waals surface area contributed by atoms with Crippen LogP contribution >= 0.6 is 11.3 Å². The fourth-order valence-electron chi connectivity index (χ4n) is 3.11. The molecule has 2 heterocycles. The number of nitrogens with zero attached hydrogens (tertiary/aromatic N) is 1. The van der Waals surface area contributed by atoms with Gasteiger partial charge in [-0.2, -0.15) is 4.31 Å². The van der Waals surface area contributed by atoms with Gasteiger partial charge in [-0.25, -0.2) is 8.42 Å². The minimum absolute atomic E-state index is 0.0281. The SMILES string of the molecule is CCCCNC(=O)c1sccc1S(=O)(=O)N1[C@H](C)CCC[C@H]1C. The number of carbonyl (C=O) groups is 1. The summed E-state index contributed by atoms with van der Waals surface area (Å²) in [6.07, 6.45) is 4.65. The van der Waals surface area contributed by atoms with Crippen molar-refractivity contribution in [3.05, 3.63) is 16.3 Å². The van der Waals surface area contributed by atoms with E-state index >= 15 is 0 Å². The Bertz CT molecular complexity index is 630. The van der Waals surface area contributed by atoms with E-state index in [1.165, 1.54) is 11.3 Å². The van der Waals surface area contributed by atoms with Crippen molar-refractivity contribution in [2.75, 3.05) is 6.54 Å². The van der Waals surface area contributed by atoms with Gasteiger partial charge in [0.2, 0.25) is 10.0 Å². The normalized spacial score (nSPS) is 22.9. The predicted molar refractivity (Wildman–Crippen MR) is 93.4 cm³/mol. The van der Waals surface area contributed by atoms with Gasteiger partial charge in [-0.3, -0.25) is 4.79 Å². The summed E-state index contributed by atoms with van der Waals surface area (Å²) in [7, 11) is -3.64. The van der Waals surface area contributed by atoms with Crippen LogP contribution in [0.3, 0.4) is 0 Å². The highest BCUT2D eigenvalue weighted by Gasteiger charge is 2.38. The summed E-state index contributed by atoms with van der Waals surface area (Å²) >= 11 is 1.19. The number of carbonyl (C=O) groups excluding carboxylic acids is 1. The maximum Gasteiger partial charge on any atom is 0.262 e. The lowest BCUT2D eigenvalue weighted by Gasteiger charge is -2.37. The molecule has 1 aromatic rings. The van der Waals surface area contributed by atoms with E-state index in [-0.39, 0.29) is 22.9 Å². The number of sulfonamides is 1. The van der Waals surface area contributed by atoms with Gasteiger partial charge >= 0.3 is 0 Å². The molecule has 1 amide bonds. The molecule has 0 radical (unpaired) electrons. The zero-order valence-corrected chi connectivity index (χ0v) is 15.7. The van der Waals surface area contributed by atoms with Crippen molar-refractivity contribution in [1.29, 1.82) is 0 Å². The van der Waals surface area contributed by atoms with E-state index in [9.17, 15) is 13.2 Å². The molecule has 0 aromatic carbocycles. The van der Waals surface area contributed by atoms with E-state index in [0.717, 1.165) is 32.1 Å². The molecule has 1 fully saturated rings. The quantitative estimate of drug-likeness (QED) is 0.794. The molecule has 0 unspecified atom stereocenters. The minimum atomic E-state index is -3.64. The van der Waals surface area contributed by atoms with Crippen LogP contribution < -0.4 is 5.32 Å². The van der Waals surface area contributed by atoms with E-state index in [1.807, 2.05) is 20.8 Å². The van der Waals surface area contributed by atoms with Gasteiger partial charge in [0, 0.05) is 18.6 Å². The molecule has 2 rings (SSSR count). The Hall–Kier alpha value is -0.920. The molecular weight excluding hydrogens is 332 g/mol. The fraction of sp³-hybridized carbons (Fsp3) is 0.688. The standard InChI is InChI=1S/C16H26N2O3S2/c1-4-5-10-17-16(19)15-14(9-11-22-15)23(20,21)18-12(2)7-6-8-13(18)3/h9,11-13H,4-8,10H2,1-3H3,(H,17,19)/t12-,13-/m1/s1. The van der Waals surface area contributed by atoms with Crippen LogP contribution in [0.1, 0.15) is 62.5 Å². The number of amides is 1. The predicted octanol–water partition coefficient (Wildman–Crippen LogP) is 3.23. The molecule has 0 aliphatic carbocycles. The molecule has 0 saturated carbocycles. The topological polar surface area (TPSA) is 66.5 Å². The van der Waals surface area contributed by atoms with Crippen molar-refractivity contribution < 1.29 is 13.2 Å². The van der Waals surface area contributed by atoms with Crippen LogP contribution in [0.25, 0.3) is 0 Å². The highest BCUT2D eigenvalue weighted by molar-refractivity contribution is 7.89. The number of hydrogen-bond donors (Lipinski definition) is 1. The van der Waals surface area contributed by atoms with Crippen molar-refractivity contribution in [1.82, 2.24) is 9.62 Å². The van der Waals surface area contributed by atoms with Gasteiger partial charge in [0.05, 0.1) is 0 Å². The Kier molecular flexibility index (Phi) is 6.22. The van der Waals surface area contributed by atoms with Gasteiger partial charge in [-0.15, -0.1) is 11.3 Å². The first kappa shape index (κ1) is 18.4. The van der Waals surface area contributed by atoms with Crippen LogP contribution in [0.2, 0.25) is 0 Å². The molecule has 23 heavy (non-hydrogen) atoms. The van der Waals surface area contributed by atoms with Gasteiger partial charge in [0.1, 0.15) is 9.77 Å². The Labute approximate surface area is 143 Å². The first-order valence-corrected chi connectivity index (χ1v) is 10.6. The molecule has 1 aliphatic rings. The summed E-state index contributed by atoms with van der Waals surface area (Å²) in [4.78, 5) is 12.8. The van der Waals surface area contributed by atoms with Gasteiger partial charge < -0.3 is 5.32 Å². The van der Waals surface area contributed by atoms with E-state index in [4.69, 9.17) is 0 Å². The van der Waals surface area contributed by atoms with E-state index in [0.29, 0.717) is 11.4 Å². The van der Waals surface area contributed by atoms with E-state index in [2.05, 4.69) is 5.32 Å². The summed E-state index contributed by atoms with van der Waals surface area (Å²) in [5, 5.41) is 4.49. The highest BCUT2D eigenvalue weighted by Crippen LogP contribution is 2.32. The molecule has 5 nitrogen and oxygen atoms in total. The number of unbranched alkanes of at least 4 members (excludes halogenated alkanes) is 1. The van der Waals surface area contributed by atoms with Crippen molar-refractivity contribution in [3.8, 4) is 0 Å². The molecule has 1 N–H and O–H groups in total. The Morgan fingerprint density at radius 3 is 2.61 bits per heavy atom.